The van der Waals surface area contributed by atoms with Crippen molar-refractivity contribution in [2.45, 2.75) is 44.8 Å². The number of nitrogens with zero attached hydrogens (tertiary/aromatic N) is 2. The highest BCUT2D eigenvalue weighted by atomic mass is 16.5. The van der Waals surface area contributed by atoms with E-state index in [-0.39, 0.29) is 12.5 Å². The van der Waals surface area contributed by atoms with Gasteiger partial charge in [0.25, 0.3) is 5.91 Å². The van der Waals surface area contributed by atoms with Crippen LogP contribution in [-0.4, -0.2) is 46.3 Å². The van der Waals surface area contributed by atoms with Gasteiger partial charge in [-0.15, -0.1) is 0 Å². The molecular weight excluding hydrogens is 394 g/mol. The molecule has 31 heavy (non-hydrogen) atoms. The topological polar surface area (TPSA) is 79.0 Å². The van der Waals surface area contributed by atoms with E-state index in [1.54, 1.807) is 17.0 Å². The summed E-state index contributed by atoms with van der Waals surface area (Å²) in [6, 6.07) is 16.3. The molecule has 7 nitrogen and oxygen atoms in total. The number of hydrogen-bond acceptors (Lipinski definition) is 4. The van der Waals surface area contributed by atoms with Crippen LogP contribution in [-0.2, 0) is 21.7 Å². The number of fused-ring (bicyclic) bond motifs is 2. The Morgan fingerprint density at radius 2 is 1.77 bits per heavy atom. The molecule has 2 aromatic carbocycles. The third kappa shape index (κ3) is 3.76. The predicted octanol–water partition coefficient (Wildman–Crippen LogP) is 3.04. The first-order chi connectivity index (χ1) is 14.7. The van der Waals surface area contributed by atoms with Crippen molar-refractivity contribution in [2.75, 3.05) is 13.2 Å². The van der Waals surface area contributed by atoms with Gasteiger partial charge in [-0.3, -0.25) is 14.5 Å². The van der Waals surface area contributed by atoms with E-state index >= 15 is 0 Å². The maximum Gasteiger partial charge on any atom is 0.325 e. The minimum atomic E-state index is -1.18. The second-order valence-corrected chi connectivity index (χ2v) is 8.96. The van der Waals surface area contributed by atoms with Crippen LogP contribution in [0, 0.1) is 0 Å². The van der Waals surface area contributed by atoms with Crippen molar-refractivity contribution in [3.05, 3.63) is 65.7 Å². The molecule has 7 heteroatoms. The lowest BCUT2D eigenvalue weighted by atomic mass is 9.84. The minimum Gasteiger partial charge on any atom is -0.493 e. The van der Waals surface area contributed by atoms with Crippen LogP contribution in [0.25, 0.3) is 0 Å². The first-order valence-electron chi connectivity index (χ1n) is 10.4. The normalized spacial score (nSPS) is 20.3. The fourth-order valence-corrected chi connectivity index (χ4v) is 4.20. The Hall–Kier alpha value is -3.35. The van der Waals surface area contributed by atoms with Gasteiger partial charge in [0.15, 0.2) is 5.54 Å². The molecule has 162 valence electrons. The average Bonchev–Trinajstić information content (AvgIpc) is 2.97. The number of rotatable bonds is 4. The third-order valence-electron chi connectivity index (χ3n) is 5.84. The van der Waals surface area contributed by atoms with E-state index < -0.39 is 23.0 Å². The molecule has 0 aromatic heterocycles. The largest absolute Gasteiger partial charge is 0.493 e. The highest BCUT2D eigenvalue weighted by molar-refractivity contribution is 6.09. The summed E-state index contributed by atoms with van der Waals surface area (Å²) >= 11 is 0. The Kier molecular flexibility index (Phi) is 5.21. The lowest BCUT2D eigenvalue weighted by molar-refractivity contribution is -0.143. The Bertz CT molecular complexity index is 1010. The van der Waals surface area contributed by atoms with Crippen molar-refractivity contribution in [3.8, 4) is 5.75 Å². The van der Waals surface area contributed by atoms with Gasteiger partial charge < -0.3 is 15.0 Å². The summed E-state index contributed by atoms with van der Waals surface area (Å²) in [6.45, 7) is 6.23. The lowest BCUT2D eigenvalue weighted by Crippen LogP contribution is -2.51. The van der Waals surface area contributed by atoms with Gasteiger partial charge in [-0.1, -0.05) is 48.5 Å². The fourth-order valence-electron chi connectivity index (χ4n) is 4.20. The van der Waals surface area contributed by atoms with Crippen LogP contribution in [0.15, 0.2) is 54.6 Å². The van der Waals surface area contributed by atoms with Crippen molar-refractivity contribution in [1.29, 1.82) is 0 Å². The fraction of sp³-hybridized carbons (Fsp3) is 0.375. The number of urea groups is 1. The number of carbonyl (C=O) groups is 3. The zero-order chi connectivity index (χ0) is 22.2. The molecule has 2 heterocycles. The highest BCUT2D eigenvalue weighted by Crippen LogP contribution is 2.41. The van der Waals surface area contributed by atoms with E-state index in [9.17, 15) is 14.4 Å². The maximum atomic E-state index is 13.4. The molecule has 2 aliphatic heterocycles. The van der Waals surface area contributed by atoms with E-state index in [2.05, 4.69) is 5.32 Å². The van der Waals surface area contributed by atoms with E-state index in [0.717, 1.165) is 10.5 Å². The predicted molar refractivity (Wildman–Crippen MR) is 115 cm³/mol. The van der Waals surface area contributed by atoms with E-state index in [1.165, 1.54) is 0 Å². The molecular formula is C24H27N3O4. The summed E-state index contributed by atoms with van der Waals surface area (Å²) in [5, 5.41) is 2.84. The zero-order valence-electron chi connectivity index (χ0n) is 18.1. The second-order valence-electron chi connectivity index (χ2n) is 8.96. The second kappa shape index (κ2) is 7.72. The molecule has 1 N–H and O–H groups in total. The molecule has 1 fully saturated rings. The highest BCUT2D eigenvalue weighted by Gasteiger charge is 2.55. The monoisotopic (exact) mass is 421 g/mol. The van der Waals surface area contributed by atoms with E-state index in [4.69, 9.17) is 4.74 Å². The first-order valence-corrected chi connectivity index (χ1v) is 10.4. The van der Waals surface area contributed by atoms with Gasteiger partial charge in [0.05, 0.1) is 6.61 Å². The van der Waals surface area contributed by atoms with Gasteiger partial charge in [-0.05, 0) is 32.4 Å². The number of hydrogen-bond donors (Lipinski definition) is 1. The number of imide groups is 1. The van der Waals surface area contributed by atoms with Crippen LogP contribution < -0.4 is 10.1 Å². The van der Waals surface area contributed by atoms with E-state index in [1.807, 2.05) is 63.2 Å². The Balaban J connectivity index is 1.58. The van der Waals surface area contributed by atoms with E-state index in [0.29, 0.717) is 30.9 Å². The van der Waals surface area contributed by atoms with Crippen LogP contribution in [0.5, 0.6) is 5.75 Å². The number of carbonyl (C=O) groups excluding carboxylic acids is 3. The Labute approximate surface area is 182 Å². The van der Waals surface area contributed by atoms with Gasteiger partial charge in [0, 0.05) is 24.1 Å². The van der Waals surface area contributed by atoms with Crippen molar-refractivity contribution >= 4 is 17.8 Å². The maximum absolute atomic E-state index is 13.4. The standard InChI is InChI=1S/C24H27N3O4/c1-23(2,3)27(15-17-9-5-4-6-10-17)20(28)16-26-21(29)24(25-22(26)30)13-14-31-19-12-8-7-11-18(19)24/h4-12H,13-16H2,1-3H3,(H,25,30)/t24-/m0/s1. The summed E-state index contributed by atoms with van der Waals surface area (Å²) < 4.78 is 5.66. The van der Waals surface area contributed by atoms with Gasteiger partial charge in [0.2, 0.25) is 5.91 Å². The van der Waals surface area contributed by atoms with Crippen LogP contribution in [0.2, 0.25) is 0 Å². The van der Waals surface area contributed by atoms with Gasteiger partial charge in [0.1, 0.15) is 12.3 Å². The van der Waals surface area contributed by atoms with Crippen LogP contribution in [0.1, 0.15) is 38.3 Å². The summed E-state index contributed by atoms with van der Waals surface area (Å²) in [4.78, 5) is 42.3. The first kappa shape index (κ1) is 20.9. The summed E-state index contributed by atoms with van der Waals surface area (Å²) in [5.74, 6) is -0.108. The summed E-state index contributed by atoms with van der Waals surface area (Å²) in [6.07, 6.45) is 0.326. The Morgan fingerprint density at radius 3 is 2.48 bits per heavy atom. The Morgan fingerprint density at radius 1 is 1.10 bits per heavy atom. The van der Waals surface area contributed by atoms with Crippen molar-refractivity contribution < 1.29 is 19.1 Å². The molecule has 2 aliphatic rings. The lowest BCUT2D eigenvalue weighted by Gasteiger charge is -2.37. The number of nitrogens with one attached hydrogen (secondary N) is 1. The van der Waals surface area contributed by atoms with Crippen LogP contribution >= 0.6 is 0 Å². The summed E-state index contributed by atoms with van der Waals surface area (Å²) in [7, 11) is 0. The van der Waals surface area contributed by atoms with Gasteiger partial charge in [-0.25, -0.2) is 4.79 Å². The van der Waals surface area contributed by atoms with Crippen molar-refractivity contribution in [3.63, 3.8) is 0 Å². The summed E-state index contributed by atoms with van der Waals surface area (Å²) in [5.41, 5.74) is -0.0443. The molecule has 0 aliphatic carbocycles. The van der Waals surface area contributed by atoms with Crippen molar-refractivity contribution in [2.24, 2.45) is 0 Å². The van der Waals surface area contributed by atoms with Crippen molar-refractivity contribution in [1.82, 2.24) is 15.1 Å². The average molecular weight is 421 g/mol. The molecule has 1 saturated heterocycles. The zero-order valence-corrected chi connectivity index (χ0v) is 18.1. The molecule has 0 unspecified atom stereocenters. The number of amides is 4. The number of benzene rings is 2. The third-order valence-corrected chi connectivity index (χ3v) is 5.84. The van der Waals surface area contributed by atoms with Gasteiger partial charge in [-0.2, -0.15) is 0 Å². The van der Waals surface area contributed by atoms with Gasteiger partial charge >= 0.3 is 6.03 Å². The molecule has 4 amide bonds. The minimum absolute atomic E-state index is 0.280. The molecule has 0 bridgehead atoms. The van der Waals surface area contributed by atoms with Crippen LogP contribution in [0.4, 0.5) is 4.79 Å². The molecule has 1 atom stereocenters. The SMILES string of the molecule is CC(C)(C)N(Cc1ccccc1)C(=O)CN1C(=O)N[C@]2(CCOc3ccccc32)C1=O. The quantitative estimate of drug-likeness (QED) is 0.770. The molecule has 4 rings (SSSR count). The van der Waals surface area contributed by atoms with Crippen LogP contribution in [0.3, 0.4) is 0 Å². The molecule has 0 saturated carbocycles. The smallest absolute Gasteiger partial charge is 0.325 e. The number of ether oxygens (including phenoxy) is 1. The molecule has 1 spiro atoms. The number of para-hydroxylation sites is 1. The molecule has 2 aromatic rings. The molecule has 0 radical (unpaired) electrons.